The SMILES string of the molecule is COc1ccc([C@H]2[C@H](C(=O)N3CCN(Cc4ccccc4)CC3)CCC(=O)N2c2cc(OC)c(OC)c(OC)c2)cc1. The minimum absolute atomic E-state index is 0.0678. The molecule has 222 valence electrons. The summed E-state index contributed by atoms with van der Waals surface area (Å²) in [5.41, 5.74) is 2.71. The molecule has 3 aromatic rings. The molecule has 2 heterocycles. The molecule has 2 fully saturated rings. The fourth-order valence-electron chi connectivity index (χ4n) is 6.05. The number of rotatable bonds is 9. The van der Waals surface area contributed by atoms with Crippen molar-refractivity contribution in [2.75, 3.05) is 59.5 Å². The van der Waals surface area contributed by atoms with Crippen LogP contribution >= 0.6 is 0 Å². The van der Waals surface area contributed by atoms with Crippen LogP contribution in [0.5, 0.6) is 23.0 Å². The van der Waals surface area contributed by atoms with Crippen molar-refractivity contribution in [3.8, 4) is 23.0 Å². The van der Waals surface area contributed by atoms with E-state index in [4.69, 9.17) is 18.9 Å². The standard InChI is InChI=1S/C33H39N3O6/c1-39-26-12-10-24(11-13-26)31-27(33(38)35-18-16-34(17-19-35)22-23-8-6-5-7-9-23)14-15-30(37)36(31)25-20-28(40-2)32(42-4)29(21-25)41-3/h5-13,20-21,27,31H,14-19,22H2,1-4H3/t27-,31+/m1/s1. The quantitative estimate of drug-likeness (QED) is 0.372. The van der Waals surface area contributed by atoms with Gasteiger partial charge in [0.25, 0.3) is 0 Å². The molecule has 2 amide bonds. The molecule has 42 heavy (non-hydrogen) atoms. The largest absolute Gasteiger partial charge is 0.497 e. The second-order valence-electron chi connectivity index (χ2n) is 10.6. The zero-order valence-corrected chi connectivity index (χ0v) is 24.7. The van der Waals surface area contributed by atoms with E-state index in [1.54, 1.807) is 45.5 Å². The fraction of sp³-hybridized carbons (Fsp3) is 0.394. The number of piperidine rings is 1. The van der Waals surface area contributed by atoms with Gasteiger partial charge in [0.1, 0.15) is 5.75 Å². The molecule has 0 saturated carbocycles. The Labute approximate surface area is 247 Å². The van der Waals surface area contributed by atoms with Gasteiger partial charge in [-0.15, -0.1) is 0 Å². The van der Waals surface area contributed by atoms with Crippen LogP contribution in [0.3, 0.4) is 0 Å². The minimum atomic E-state index is -0.519. The summed E-state index contributed by atoms with van der Waals surface area (Å²) in [5, 5.41) is 0. The Kier molecular flexibility index (Phi) is 9.17. The molecular formula is C33H39N3O6. The van der Waals surface area contributed by atoms with Crippen molar-refractivity contribution >= 4 is 17.5 Å². The Balaban J connectivity index is 1.46. The second-order valence-corrected chi connectivity index (χ2v) is 10.6. The average molecular weight is 574 g/mol. The van der Waals surface area contributed by atoms with E-state index in [0.717, 1.165) is 25.2 Å². The Morgan fingerprint density at radius 3 is 2.02 bits per heavy atom. The molecule has 2 atom stereocenters. The van der Waals surface area contributed by atoms with E-state index in [1.807, 2.05) is 35.2 Å². The lowest BCUT2D eigenvalue weighted by Gasteiger charge is -2.44. The molecule has 2 saturated heterocycles. The molecule has 0 radical (unpaired) electrons. The van der Waals surface area contributed by atoms with Gasteiger partial charge in [0.05, 0.1) is 46.1 Å². The van der Waals surface area contributed by atoms with Gasteiger partial charge in [-0.2, -0.15) is 0 Å². The Hall–Kier alpha value is -4.24. The lowest BCUT2D eigenvalue weighted by molar-refractivity contribution is -0.140. The van der Waals surface area contributed by atoms with Crippen LogP contribution in [0.15, 0.2) is 66.7 Å². The molecule has 9 heteroatoms. The first-order valence-electron chi connectivity index (χ1n) is 14.3. The highest BCUT2D eigenvalue weighted by atomic mass is 16.5. The summed E-state index contributed by atoms with van der Waals surface area (Å²) in [6, 6.07) is 21.0. The number of carbonyl (C=O) groups is 2. The van der Waals surface area contributed by atoms with E-state index in [-0.39, 0.29) is 18.2 Å². The third kappa shape index (κ3) is 6.01. The van der Waals surface area contributed by atoms with Crippen LogP contribution in [0.2, 0.25) is 0 Å². The second kappa shape index (κ2) is 13.2. The molecule has 2 aliphatic rings. The number of carbonyl (C=O) groups excluding carboxylic acids is 2. The van der Waals surface area contributed by atoms with E-state index in [1.165, 1.54) is 5.56 Å². The van der Waals surface area contributed by atoms with Gasteiger partial charge in [0, 0.05) is 51.3 Å². The van der Waals surface area contributed by atoms with Crippen molar-refractivity contribution < 1.29 is 28.5 Å². The molecule has 0 N–H and O–H groups in total. The monoisotopic (exact) mass is 573 g/mol. The van der Waals surface area contributed by atoms with Gasteiger partial charge < -0.3 is 28.7 Å². The van der Waals surface area contributed by atoms with Crippen molar-refractivity contribution in [2.45, 2.75) is 25.4 Å². The van der Waals surface area contributed by atoms with Gasteiger partial charge in [-0.3, -0.25) is 14.5 Å². The predicted molar refractivity (Wildman–Crippen MR) is 160 cm³/mol. The predicted octanol–water partition coefficient (Wildman–Crippen LogP) is 4.55. The number of hydrogen-bond acceptors (Lipinski definition) is 7. The summed E-state index contributed by atoms with van der Waals surface area (Å²) in [6.45, 7) is 3.77. The zero-order chi connectivity index (χ0) is 29.6. The van der Waals surface area contributed by atoms with Crippen molar-refractivity contribution in [3.63, 3.8) is 0 Å². The number of anilines is 1. The van der Waals surface area contributed by atoms with Crippen LogP contribution in [0.25, 0.3) is 0 Å². The van der Waals surface area contributed by atoms with Crippen LogP contribution in [0, 0.1) is 5.92 Å². The molecule has 0 unspecified atom stereocenters. The molecular weight excluding hydrogens is 534 g/mol. The Bertz CT molecular complexity index is 1350. The molecule has 9 nitrogen and oxygen atoms in total. The Morgan fingerprint density at radius 1 is 0.810 bits per heavy atom. The number of methoxy groups -OCH3 is 4. The first-order valence-corrected chi connectivity index (χ1v) is 14.3. The number of piperazine rings is 1. The number of nitrogens with zero attached hydrogens (tertiary/aromatic N) is 3. The smallest absolute Gasteiger partial charge is 0.228 e. The molecule has 5 rings (SSSR count). The average Bonchev–Trinajstić information content (AvgIpc) is 3.04. The highest BCUT2D eigenvalue weighted by Gasteiger charge is 2.43. The van der Waals surface area contributed by atoms with Crippen LogP contribution in [0.1, 0.15) is 30.0 Å². The fourth-order valence-corrected chi connectivity index (χ4v) is 6.05. The zero-order valence-electron chi connectivity index (χ0n) is 24.7. The lowest BCUT2D eigenvalue weighted by Crippen LogP contribution is -2.54. The van der Waals surface area contributed by atoms with E-state index >= 15 is 0 Å². The highest BCUT2D eigenvalue weighted by Crippen LogP contribution is 2.46. The Morgan fingerprint density at radius 2 is 1.45 bits per heavy atom. The van der Waals surface area contributed by atoms with Gasteiger partial charge in [-0.1, -0.05) is 42.5 Å². The van der Waals surface area contributed by atoms with E-state index in [2.05, 4.69) is 29.2 Å². The number of amides is 2. The third-order valence-electron chi connectivity index (χ3n) is 8.23. The highest BCUT2D eigenvalue weighted by molar-refractivity contribution is 5.98. The van der Waals surface area contributed by atoms with Crippen LogP contribution < -0.4 is 23.8 Å². The van der Waals surface area contributed by atoms with Crippen molar-refractivity contribution in [1.29, 1.82) is 0 Å². The molecule has 3 aromatic carbocycles. The van der Waals surface area contributed by atoms with Crippen LogP contribution in [-0.2, 0) is 16.1 Å². The summed E-state index contributed by atoms with van der Waals surface area (Å²) in [7, 11) is 6.25. The van der Waals surface area contributed by atoms with Gasteiger partial charge in [-0.25, -0.2) is 0 Å². The third-order valence-corrected chi connectivity index (χ3v) is 8.23. The van der Waals surface area contributed by atoms with Crippen LogP contribution in [-0.4, -0.2) is 76.2 Å². The summed E-state index contributed by atoms with van der Waals surface area (Å²) in [4.78, 5) is 34.0. The molecule has 0 aliphatic carbocycles. The van der Waals surface area contributed by atoms with Crippen molar-refractivity contribution in [2.24, 2.45) is 5.92 Å². The number of ether oxygens (including phenoxy) is 4. The molecule has 0 bridgehead atoms. The van der Waals surface area contributed by atoms with E-state index in [9.17, 15) is 9.59 Å². The maximum Gasteiger partial charge on any atom is 0.228 e. The van der Waals surface area contributed by atoms with Crippen LogP contribution in [0.4, 0.5) is 5.69 Å². The number of benzene rings is 3. The first-order chi connectivity index (χ1) is 20.5. The summed E-state index contributed by atoms with van der Waals surface area (Å²) in [5.74, 6) is 1.61. The molecule has 2 aliphatic heterocycles. The number of hydrogen-bond donors (Lipinski definition) is 0. The first kappa shape index (κ1) is 29.3. The van der Waals surface area contributed by atoms with Crippen molar-refractivity contribution in [3.05, 3.63) is 77.9 Å². The summed E-state index contributed by atoms with van der Waals surface area (Å²) < 4.78 is 22.1. The minimum Gasteiger partial charge on any atom is -0.497 e. The summed E-state index contributed by atoms with van der Waals surface area (Å²) in [6.07, 6.45) is 0.729. The normalized spacial score (nSPS) is 19.4. The summed E-state index contributed by atoms with van der Waals surface area (Å²) >= 11 is 0. The van der Waals surface area contributed by atoms with Crippen molar-refractivity contribution in [1.82, 2.24) is 9.80 Å². The van der Waals surface area contributed by atoms with E-state index < -0.39 is 12.0 Å². The maximum absolute atomic E-state index is 14.2. The van der Waals surface area contributed by atoms with E-state index in [0.29, 0.717) is 48.2 Å². The topological polar surface area (TPSA) is 80.8 Å². The molecule has 0 spiro atoms. The maximum atomic E-state index is 14.2. The molecule has 0 aromatic heterocycles. The van der Waals surface area contributed by atoms with Gasteiger partial charge in [0.2, 0.25) is 17.6 Å². The lowest BCUT2D eigenvalue weighted by atomic mass is 9.82. The van der Waals surface area contributed by atoms with Gasteiger partial charge >= 0.3 is 0 Å². The van der Waals surface area contributed by atoms with Gasteiger partial charge in [-0.05, 0) is 29.7 Å². The van der Waals surface area contributed by atoms with Gasteiger partial charge in [0.15, 0.2) is 11.5 Å².